The minimum atomic E-state index is -4.69. The molecule has 1 N–H and O–H groups in total. The Morgan fingerprint density at radius 2 is 1.95 bits per heavy atom. The van der Waals surface area contributed by atoms with Crippen LogP contribution in [0.3, 0.4) is 0 Å². The Labute approximate surface area is 237 Å². The highest BCUT2D eigenvalue weighted by molar-refractivity contribution is 6.33. The van der Waals surface area contributed by atoms with Crippen molar-refractivity contribution in [2.24, 2.45) is 11.3 Å². The number of allylic oxidation sites excluding steroid dienone is 1. The molecule has 0 bridgehead atoms. The number of hydrogen-bond acceptors (Lipinski definition) is 6. The lowest BCUT2D eigenvalue weighted by Gasteiger charge is -2.59. The normalized spacial score (nSPS) is 18.7. The molecule has 1 aliphatic heterocycles. The summed E-state index contributed by atoms with van der Waals surface area (Å²) in [6, 6.07) is 7.08. The van der Waals surface area contributed by atoms with Gasteiger partial charge < -0.3 is 14.5 Å². The first-order valence-corrected chi connectivity index (χ1v) is 13.8. The summed E-state index contributed by atoms with van der Waals surface area (Å²) in [5, 5.41) is 13.9. The zero-order chi connectivity index (χ0) is 28.5. The molecule has 0 radical (unpaired) electrons. The number of benzene rings is 1. The zero-order valence-corrected chi connectivity index (χ0v) is 22.4. The highest BCUT2D eigenvalue weighted by Gasteiger charge is 2.51. The van der Waals surface area contributed by atoms with Crippen molar-refractivity contribution >= 4 is 40.2 Å². The van der Waals surface area contributed by atoms with Crippen molar-refractivity contribution in [1.29, 1.82) is 0 Å². The second-order valence-corrected chi connectivity index (χ2v) is 11.8. The third kappa shape index (κ3) is 4.64. The number of carboxylic acids is 1. The summed E-state index contributed by atoms with van der Waals surface area (Å²) < 4.78 is 47.0. The van der Waals surface area contributed by atoms with Crippen LogP contribution in [0.15, 0.2) is 53.3 Å². The molecular formula is C30H24ClF3N4O3. The number of carbonyl (C=O) groups is 1. The van der Waals surface area contributed by atoms with E-state index in [9.17, 15) is 23.1 Å². The number of alkyl halides is 3. The lowest BCUT2D eigenvalue weighted by molar-refractivity contribution is -0.136. The van der Waals surface area contributed by atoms with E-state index in [0.29, 0.717) is 28.6 Å². The quantitative estimate of drug-likeness (QED) is 0.253. The van der Waals surface area contributed by atoms with Gasteiger partial charge in [0.2, 0.25) is 0 Å². The molecule has 3 fully saturated rings. The maximum Gasteiger partial charge on any atom is 0.417 e. The molecule has 4 aromatic rings. The number of rotatable bonds is 6. The molecule has 3 aliphatic rings. The summed E-state index contributed by atoms with van der Waals surface area (Å²) >= 11 is 6.39. The third-order valence-electron chi connectivity index (χ3n) is 8.39. The van der Waals surface area contributed by atoms with Crippen LogP contribution in [-0.2, 0) is 6.18 Å². The van der Waals surface area contributed by atoms with Crippen LogP contribution >= 0.6 is 11.6 Å². The van der Waals surface area contributed by atoms with E-state index in [1.54, 1.807) is 18.5 Å². The standard InChI is InChI=1S/C30H24ClF3N4O3/c31-23-13-35-8-7-19(23)26-20(27(41-37-26)17-2-3-17)5-1-16-11-29(12-16)14-38(15-29)18-4-6-24-21(9-18)22(30(32,33)34)10-25(36-24)28(39)40/h1,4-10,13,16-17H,2-3,11-12,14-15H2,(H,39,40)/b5-1+. The molecule has 2 saturated carbocycles. The third-order valence-corrected chi connectivity index (χ3v) is 8.69. The van der Waals surface area contributed by atoms with E-state index >= 15 is 0 Å². The van der Waals surface area contributed by atoms with Crippen LogP contribution in [0.4, 0.5) is 18.9 Å². The van der Waals surface area contributed by atoms with Gasteiger partial charge >= 0.3 is 12.1 Å². The van der Waals surface area contributed by atoms with Gasteiger partial charge in [0.25, 0.3) is 0 Å². The number of nitrogens with zero attached hydrogens (tertiary/aromatic N) is 4. The fourth-order valence-corrected chi connectivity index (χ4v) is 6.46. The van der Waals surface area contributed by atoms with E-state index in [2.05, 4.69) is 32.2 Å². The van der Waals surface area contributed by atoms with Crippen LogP contribution < -0.4 is 4.90 Å². The SMILES string of the molecule is O=C(O)c1cc(C(F)(F)F)c2cc(N3CC4(CC(/C=C/c5c(-c6ccncc6Cl)noc5C5CC5)C4)C3)ccc2n1. The number of aromatic nitrogens is 3. The van der Waals surface area contributed by atoms with E-state index in [4.69, 9.17) is 16.1 Å². The van der Waals surface area contributed by atoms with Crippen LogP contribution in [0, 0.1) is 11.3 Å². The molecule has 1 spiro atoms. The molecule has 0 atom stereocenters. The molecule has 210 valence electrons. The second-order valence-electron chi connectivity index (χ2n) is 11.4. The lowest BCUT2D eigenvalue weighted by atomic mass is 9.57. The summed E-state index contributed by atoms with van der Waals surface area (Å²) in [6.07, 6.45) is 7.03. The Morgan fingerprint density at radius 1 is 1.17 bits per heavy atom. The predicted octanol–water partition coefficient (Wildman–Crippen LogP) is 7.46. The molecule has 41 heavy (non-hydrogen) atoms. The summed E-state index contributed by atoms with van der Waals surface area (Å²) in [7, 11) is 0. The van der Waals surface area contributed by atoms with E-state index in [0.717, 1.165) is 61.4 Å². The maximum absolute atomic E-state index is 13.7. The number of halogens is 4. The van der Waals surface area contributed by atoms with Crippen molar-refractivity contribution in [3.05, 3.63) is 76.4 Å². The van der Waals surface area contributed by atoms with Gasteiger partial charge in [0.15, 0.2) is 0 Å². The minimum Gasteiger partial charge on any atom is -0.477 e. The predicted molar refractivity (Wildman–Crippen MR) is 147 cm³/mol. The second kappa shape index (κ2) is 9.30. The van der Waals surface area contributed by atoms with Crippen molar-refractivity contribution in [3.8, 4) is 11.3 Å². The summed E-state index contributed by atoms with van der Waals surface area (Å²) in [5.74, 6) is 0.166. The van der Waals surface area contributed by atoms with Crippen LogP contribution in [0.5, 0.6) is 0 Å². The van der Waals surface area contributed by atoms with Gasteiger partial charge in [-0.1, -0.05) is 28.9 Å². The molecule has 1 saturated heterocycles. The van der Waals surface area contributed by atoms with Gasteiger partial charge in [-0.05, 0) is 61.9 Å². The monoisotopic (exact) mass is 580 g/mol. The average molecular weight is 581 g/mol. The molecule has 2 aliphatic carbocycles. The average Bonchev–Trinajstić information content (AvgIpc) is 3.65. The van der Waals surface area contributed by atoms with E-state index in [1.807, 2.05) is 6.07 Å². The van der Waals surface area contributed by atoms with Crippen molar-refractivity contribution in [2.45, 2.75) is 37.8 Å². The van der Waals surface area contributed by atoms with Crippen molar-refractivity contribution in [3.63, 3.8) is 0 Å². The van der Waals surface area contributed by atoms with E-state index in [-0.39, 0.29) is 16.3 Å². The number of hydrogen-bond donors (Lipinski definition) is 1. The molecule has 3 aromatic heterocycles. The van der Waals surface area contributed by atoms with Crippen molar-refractivity contribution in [2.75, 3.05) is 18.0 Å². The van der Waals surface area contributed by atoms with Crippen molar-refractivity contribution in [1.82, 2.24) is 15.1 Å². The maximum atomic E-state index is 13.7. The Kier molecular flexibility index (Phi) is 5.90. The van der Waals surface area contributed by atoms with Gasteiger partial charge in [0.1, 0.15) is 17.1 Å². The molecule has 11 heteroatoms. The first kappa shape index (κ1) is 26.0. The number of aromatic carboxylic acids is 1. The lowest BCUT2D eigenvalue weighted by Crippen LogP contribution is -2.62. The zero-order valence-electron chi connectivity index (χ0n) is 21.7. The van der Waals surface area contributed by atoms with Gasteiger partial charge in [-0.2, -0.15) is 13.2 Å². The number of pyridine rings is 2. The first-order valence-electron chi connectivity index (χ1n) is 13.4. The van der Waals surface area contributed by atoms with Gasteiger partial charge in [-0.25, -0.2) is 9.78 Å². The molecule has 7 nitrogen and oxygen atoms in total. The Balaban J connectivity index is 1.06. The Hall–Kier alpha value is -3.92. The van der Waals surface area contributed by atoms with Gasteiger partial charge in [0, 0.05) is 59.0 Å². The number of fused-ring (bicyclic) bond motifs is 1. The van der Waals surface area contributed by atoms with Gasteiger partial charge in [-0.3, -0.25) is 4.98 Å². The van der Waals surface area contributed by atoms with Crippen LogP contribution in [-0.4, -0.2) is 39.3 Å². The molecule has 4 heterocycles. The van der Waals surface area contributed by atoms with Crippen molar-refractivity contribution < 1.29 is 27.6 Å². The fourth-order valence-electron chi connectivity index (χ4n) is 6.25. The topological polar surface area (TPSA) is 92.3 Å². The molecular weight excluding hydrogens is 557 g/mol. The smallest absolute Gasteiger partial charge is 0.417 e. The highest BCUT2D eigenvalue weighted by Crippen LogP contribution is 2.54. The first-order chi connectivity index (χ1) is 19.6. The number of anilines is 1. The van der Waals surface area contributed by atoms with E-state index in [1.165, 1.54) is 12.1 Å². The summed E-state index contributed by atoms with van der Waals surface area (Å²) in [4.78, 5) is 21.3. The molecule has 1 aromatic carbocycles. The van der Waals surface area contributed by atoms with Crippen LogP contribution in [0.25, 0.3) is 28.2 Å². The highest BCUT2D eigenvalue weighted by atomic mass is 35.5. The summed E-state index contributed by atoms with van der Waals surface area (Å²) in [5.41, 5.74) is 1.68. The number of carboxylic acid groups (broad SMARTS) is 1. The van der Waals surface area contributed by atoms with Crippen LogP contribution in [0.1, 0.15) is 59.0 Å². The van der Waals surface area contributed by atoms with Gasteiger partial charge in [0.05, 0.1) is 16.1 Å². The minimum absolute atomic E-state index is 0.0109. The van der Waals surface area contributed by atoms with Gasteiger partial charge in [-0.15, -0.1) is 0 Å². The molecule has 7 rings (SSSR count). The van der Waals surface area contributed by atoms with E-state index < -0.39 is 23.4 Å². The fraction of sp³-hybridized carbons (Fsp3) is 0.333. The Bertz CT molecular complexity index is 1720. The largest absolute Gasteiger partial charge is 0.477 e. The molecule has 0 amide bonds. The molecule has 0 unspecified atom stereocenters. The summed E-state index contributed by atoms with van der Waals surface area (Å²) in [6.45, 7) is 1.51. The Morgan fingerprint density at radius 3 is 2.63 bits per heavy atom. The van der Waals surface area contributed by atoms with Crippen LogP contribution in [0.2, 0.25) is 5.02 Å².